The zero-order valence-electron chi connectivity index (χ0n) is 18.2. The van der Waals surface area contributed by atoms with Crippen LogP contribution >= 0.6 is 11.5 Å². The van der Waals surface area contributed by atoms with Crippen molar-refractivity contribution < 1.29 is 4.79 Å². The fourth-order valence-corrected chi connectivity index (χ4v) is 7.98. The van der Waals surface area contributed by atoms with E-state index in [1.165, 1.54) is 36.4 Å². The molecule has 4 bridgehead atoms. The summed E-state index contributed by atoms with van der Waals surface area (Å²) in [6, 6.07) is 10.4. The van der Waals surface area contributed by atoms with Gasteiger partial charge >= 0.3 is 0 Å². The number of hydrogen-bond acceptors (Lipinski definition) is 5. The van der Waals surface area contributed by atoms with Crippen LogP contribution in [0.1, 0.15) is 56.3 Å². The summed E-state index contributed by atoms with van der Waals surface area (Å²) >= 11 is 1.50. The Morgan fingerprint density at radius 3 is 2.39 bits per heavy atom. The van der Waals surface area contributed by atoms with Crippen LogP contribution in [0.2, 0.25) is 0 Å². The highest BCUT2D eigenvalue weighted by Crippen LogP contribution is 2.60. The van der Waals surface area contributed by atoms with Gasteiger partial charge in [-0.1, -0.05) is 30.3 Å². The molecule has 7 rings (SSSR count). The van der Waals surface area contributed by atoms with Crippen LogP contribution in [0.4, 0.5) is 5.13 Å². The van der Waals surface area contributed by atoms with Crippen LogP contribution in [-0.2, 0) is 11.2 Å². The van der Waals surface area contributed by atoms with Gasteiger partial charge in [-0.3, -0.25) is 4.79 Å². The monoisotopic (exact) mass is 436 g/mol. The lowest BCUT2D eigenvalue weighted by molar-refractivity contribution is -0.157. The van der Waals surface area contributed by atoms with Crippen molar-refractivity contribution in [1.82, 2.24) is 14.3 Å². The zero-order chi connectivity index (χ0) is 20.8. The van der Waals surface area contributed by atoms with Crippen molar-refractivity contribution in [3.05, 3.63) is 41.7 Å². The van der Waals surface area contributed by atoms with Crippen molar-refractivity contribution in [2.45, 2.75) is 51.4 Å². The molecule has 1 aromatic carbocycles. The maximum atomic E-state index is 13.7. The SMILES string of the molecule is O=C(N1CCCN(c2nc(Cc3ccccc3)ns2)CC1)C12CC3CC(CC(C3)C1)C2. The van der Waals surface area contributed by atoms with Gasteiger partial charge in [0.05, 0.1) is 5.41 Å². The molecule has 1 aromatic heterocycles. The Hall–Kier alpha value is -1.95. The van der Waals surface area contributed by atoms with Crippen LogP contribution in [0.5, 0.6) is 0 Å². The van der Waals surface area contributed by atoms with E-state index >= 15 is 0 Å². The number of nitrogens with zero attached hydrogens (tertiary/aromatic N) is 4. The molecule has 0 N–H and O–H groups in total. The number of carbonyl (C=O) groups excluding carboxylic acids is 1. The zero-order valence-corrected chi connectivity index (χ0v) is 19.0. The van der Waals surface area contributed by atoms with Crippen LogP contribution in [-0.4, -0.2) is 46.3 Å². The summed E-state index contributed by atoms with van der Waals surface area (Å²) in [5.74, 6) is 3.85. The largest absolute Gasteiger partial charge is 0.345 e. The maximum Gasteiger partial charge on any atom is 0.228 e. The van der Waals surface area contributed by atoms with Gasteiger partial charge in [-0.25, -0.2) is 4.98 Å². The third kappa shape index (κ3) is 3.77. The minimum atomic E-state index is -0.0183. The molecule has 4 aliphatic carbocycles. The fourth-order valence-electron chi connectivity index (χ4n) is 7.24. The van der Waals surface area contributed by atoms with Gasteiger partial charge in [0.1, 0.15) is 5.82 Å². The standard InChI is InChI=1S/C25H32N4OS/c30-23(25-15-19-11-20(16-25)13-21(12-19)17-25)28-7-4-8-29(10-9-28)24-26-22(27-31-24)14-18-5-2-1-3-6-18/h1-3,5-6,19-21H,4,7-17H2. The third-order valence-electron chi connectivity index (χ3n) is 8.21. The van der Waals surface area contributed by atoms with Gasteiger partial charge in [-0.2, -0.15) is 4.37 Å². The summed E-state index contributed by atoms with van der Waals surface area (Å²) < 4.78 is 4.61. The van der Waals surface area contributed by atoms with Crippen molar-refractivity contribution in [1.29, 1.82) is 0 Å². The van der Waals surface area contributed by atoms with E-state index < -0.39 is 0 Å². The number of carbonyl (C=O) groups is 1. The van der Waals surface area contributed by atoms with Crippen LogP contribution in [0.25, 0.3) is 0 Å². The van der Waals surface area contributed by atoms with Crippen molar-refractivity contribution in [3.8, 4) is 0 Å². The first-order valence-corrected chi connectivity index (χ1v) is 12.8. The van der Waals surface area contributed by atoms with Crippen LogP contribution < -0.4 is 4.90 Å². The van der Waals surface area contributed by atoms with E-state index in [9.17, 15) is 4.79 Å². The van der Waals surface area contributed by atoms with Crippen molar-refractivity contribution >= 4 is 22.6 Å². The molecule has 5 aliphatic rings. The van der Waals surface area contributed by atoms with Gasteiger partial charge in [0, 0.05) is 44.1 Å². The van der Waals surface area contributed by atoms with Crippen LogP contribution in [0.3, 0.4) is 0 Å². The molecular formula is C25H32N4OS. The summed E-state index contributed by atoms with van der Waals surface area (Å²) in [4.78, 5) is 23.1. The lowest BCUT2D eigenvalue weighted by Crippen LogP contribution is -2.55. The normalized spacial score (nSPS) is 32.3. The topological polar surface area (TPSA) is 49.3 Å². The predicted molar refractivity (Wildman–Crippen MR) is 123 cm³/mol. The van der Waals surface area contributed by atoms with Gasteiger partial charge < -0.3 is 9.80 Å². The summed E-state index contributed by atoms with van der Waals surface area (Å²) in [6.45, 7) is 3.56. The number of amides is 1. The average molecular weight is 437 g/mol. The second-order valence-corrected chi connectivity index (χ2v) is 11.2. The molecular weight excluding hydrogens is 404 g/mol. The first kappa shape index (κ1) is 19.7. The smallest absolute Gasteiger partial charge is 0.228 e. The molecule has 1 aliphatic heterocycles. The summed E-state index contributed by atoms with van der Waals surface area (Å²) in [5.41, 5.74) is 1.23. The van der Waals surface area contributed by atoms with Gasteiger partial charge in [0.15, 0.2) is 0 Å². The highest BCUT2D eigenvalue weighted by molar-refractivity contribution is 7.09. The minimum absolute atomic E-state index is 0.0183. The molecule has 2 aromatic rings. The quantitative estimate of drug-likeness (QED) is 0.714. The van der Waals surface area contributed by atoms with E-state index in [-0.39, 0.29) is 5.41 Å². The molecule has 1 amide bonds. The Bertz CT molecular complexity index is 907. The Balaban J connectivity index is 1.11. The first-order valence-electron chi connectivity index (χ1n) is 12.1. The molecule has 6 heteroatoms. The van der Waals surface area contributed by atoms with E-state index in [0.717, 1.165) is 87.0 Å². The number of hydrogen-bond donors (Lipinski definition) is 0. The molecule has 2 heterocycles. The third-order valence-corrected chi connectivity index (χ3v) is 9.02. The molecule has 31 heavy (non-hydrogen) atoms. The number of anilines is 1. The molecule has 0 unspecified atom stereocenters. The summed E-state index contributed by atoms with van der Waals surface area (Å²) in [7, 11) is 0. The van der Waals surface area contributed by atoms with Crippen LogP contribution in [0.15, 0.2) is 30.3 Å². The van der Waals surface area contributed by atoms with E-state index in [4.69, 9.17) is 4.98 Å². The first-order chi connectivity index (χ1) is 15.2. The van der Waals surface area contributed by atoms with E-state index in [1.54, 1.807) is 0 Å². The molecule has 5 fully saturated rings. The van der Waals surface area contributed by atoms with Crippen molar-refractivity contribution in [2.24, 2.45) is 23.2 Å². The second-order valence-electron chi connectivity index (χ2n) is 10.5. The Morgan fingerprint density at radius 2 is 1.68 bits per heavy atom. The average Bonchev–Trinajstić information content (AvgIpc) is 3.08. The molecule has 4 saturated carbocycles. The van der Waals surface area contributed by atoms with E-state index in [1.807, 2.05) is 6.07 Å². The molecule has 5 nitrogen and oxygen atoms in total. The van der Waals surface area contributed by atoms with Gasteiger partial charge in [0.2, 0.25) is 11.0 Å². The van der Waals surface area contributed by atoms with Gasteiger partial charge in [-0.05, 0) is 68.3 Å². The number of benzene rings is 1. The fraction of sp³-hybridized carbons (Fsp3) is 0.640. The highest BCUT2D eigenvalue weighted by atomic mass is 32.1. The van der Waals surface area contributed by atoms with E-state index in [0.29, 0.717) is 5.91 Å². The molecule has 1 saturated heterocycles. The lowest BCUT2D eigenvalue weighted by Gasteiger charge is -2.56. The molecule has 0 radical (unpaired) electrons. The maximum absolute atomic E-state index is 13.7. The summed E-state index contributed by atoms with van der Waals surface area (Å²) in [5, 5.41) is 1.01. The van der Waals surface area contributed by atoms with Gasteiger partial charge in [0.25, 0.3) is 0 Å². The Morgan fingerprint density at radius 1 is 0.968 bits per heavy atom. The van der Waals surface area contributed by atoms with Crippen molar-refractivity contribution in [2.75, 3.05) is 31.1 Å². The van der Waals surface area contributed by atoms with Gasteiger partial charge in [-0.15, -0.1) is 0 Å². The Labute approximate surface area is 189 Å². The molecule has 0 atom stereocenters. The predicted octanol–water partition coefficient (Wildman–Crippen LogP) is 4.38. The summed E-state index contributed by atoms with van der Waals surface area (Å²) in [6.07, 6.45) is 9.47. The Kier molecular flexibility index (Phi) is 5.01. The molecule has 164 valence electrons. The van der Waals surface area contributed by atoms with Crippen molar-refractivity contribution in [3.63, 3.8) is 0 Å². The second kappa shape index (κ2) is 7.88. The number of aromatic nitrogens is 2. The van der Waals surface area contributed by atoms with Crippen LogP contribution in [0, 0.1) is 23.2 Å². The minimum Gasteiger partial charge on any atom is -0.345 e. The highest BCUT2D eigenvalue weighted by Gasteiger charge is 2.55. The lowest BCUT2D eigenvalue weighted by atomic mass is 9.49. The van der Waals surface area contributed by atoms with E-state index in [2.05, 4.69) is 38.4 Å². The number of rotatable bonds is 4. The molecule has 0 spiro atoms.